The van der Waals surface area contributed by atoms with Crippen LogP contribution in [0.4, 0.5) is 0 Å². The standard InChI is InChI=1S/C54H50N2P2/c1-37-27-39(3)53(40(4)28-37)43-31-45(35-57(47-19-11-7-12-20-47)48-21-13-8-14-22-48)55-51(33-43)52-34-44(54-41(5)29-38(2)30-42(54)6)32-46(56-52)36-58(49-23-15-9-16-24-49)50-25-17-10-18-26-50/h7-34H,35-36H2,1-6H3. The first-order valence-corrected chi connectivity index (χ1v) is 23.2. The van der Waals surface area contributed by atoms with Crippen molar-refractivity contribution in [3.63, 3.8) is 0 Å². The van der Waals surface area contributed by atoms with Crippen molar-refractivity contribution >= 4 is 37.1 Å². The maximum absolute atomic E-state index is 5.59. The van der Waals surface area contributed by atoms with Crippen molar-refractivity contribution in [1.82, 2.24) is 9.97 Å². The number of nitrogens with zero attached hydrogens (tertiary/aromatic N) is 2. The first-order valence-electron chi connectivity index (χ1n) is 20.1. The van der Waals surface area contributed by atoms with Gasteiger partial charge in [0.05, 0.1) is 11.4 Å². The Morgan fingerprint density at radius 3 is 0.897 bits per heavy atom. The normalized spacial score (nSPS) is 11.4. The topological polar surface area (TPSA) is 25.8 Å². The molecule has 6 aromatic carbocycles. The second-order valence-corrected chi connectivity index (χ2v) is 19.9. The van der Waals surface area contributed by atoms with E-state index in [4.69, 9.17) is 9.97 Å². The molecule has 0 spiro atoms. The van der Waals surface area contributed by atoms with Crippen molar-refractivity contribution in [2.75, 3.05) is 0 Å². The van der Waals surface area contributed by atoms with Gasteiger partial charge < -0.3 is 0 Å². The molecule has 0 N–H and O–H groups in total. The maximum atomic E-state index is 5.59. The lowest BCUT2D eigenvalue weighted by molar-refractivity contribution is 1.12. The highest BCUT2D eigenvalue weighted by Crippen LogP contribution is 2.42. The van der Waals surface area contributed by atoms with Crippen LogP contribution < -0.4 is 21.2 Å². The molecule has 0 atom stereocenters. The van der Waals surface area contributed by atoms with E-state index in [9.17, 15) is 0 Å². The van der Waals surface area contributed by atoms with Crippen LogP contribution in [0.3, 0.4) is 0 Å². The Hall–Kier alpha value is -5.52. The summed E-state index contributed by atoms with van der Waals surface area (Å²) >= 11 is 0. The first kappa shape index (κ1) is 39.3. The fourth-order valence-corrected chi connectivity index (χ4v) is 13.0. The molecule has 8 aromatic rings. The van der Waals surface area contributed by atoms with Crippen LogP contribution in [-0.4, -0.2) is 9.97 Å². The number of aromatic nitrogens is 2. The van der Waals surface area contributed by atoms with Crippen molar-refractivity contribution in [3.8, 4) is 33.6 Å². The molecule has 4 heteroatoms. The molecule has 0 saturated carbocycles. The predicted molar refractivity (Wildman–Crippen MR) is 252 cm³/mol. The SMILES string of the molecule is Cc1cc(C)c(-c2cc(CP(c3ccccc3)c3ccccc3)nc(-c3cc(-c4c(C)cc(C)cc4C)cc(CP(c4ccccc4)c4ccccc4)n3)c2)c(C)c1. The summed E-state index contributed by atoms with van der Waals surface area (Å²) < 4.78 is 0. The van der Waals surface area contributed by atoms with Crippen LogP contribution in [0.2, 0.25) is 0 Å². The average Bonchev–Trinajstić information content (AvgIpc) is 3.22. The molecule has 58 heavy (non-hydrogen) atoms. The monoisotopic (exact) mass is 788 g/mol. The van der Waals surface area contributed by atoms with Gasteiger partial charge in [0.1, 0.15) is 0 Å². The summed E-state index contributed by atoms with van der Waals surface area (Å²) in [6, 6.07) is 62.4. The van der Waals surface area contributed by atoms with Crippen LogP contribution in [0.25, 0.3) is 33.6 Å². The highest BCUT2D eigenvalue weighted by atomic mass is 31.1. The summed E-state index contributed by atoms with van der Waals surface area (Å²) in [5.41, 5.74) is 16.6. The number of rotatable bonds is 11. The van der Waals surface area contributed by atoms with E-state index < -0.39 is 15.8 Å². The lowest BCUT2D eigenvalue weighted by Crippen LogP contribution is -2.14. The number of hydrogen-bond acceptors (Lipinski definition) is 2. The highest BCUT2D eigenvalue weighted by Gasteiger charge is 2.21. The van der Waals surface area contributed by atoms with Crippen molar-refractivity contribution in [2.45, 2.75) is 53.9 Å². The second kappa shape index (κ2) is 17.5. The Labute approximate surface area is 347 Å². The fraction of sp³-hybridized carbons (Fsp3) is 0.148. The number of hydrogen-bond donors (Lipinski definition) is 0. The molecule has 0 aliphatic carbocycles. The van der Waals surface area contributed by atoms with Crippen LogP contribution in [0.5, 0.6) is 0 Å². The van der Waals surface area contributed by atoms with Gasteiger partial charge in [0, 0.05) is 23.7 Å². The maximum Gasteiger partial charge on any atom is 0.0896 e. The van der Waals surface area contributed by atoms with Gasteiger partial charge >= 0.3 is 0 Å². The summed E-state index contributed by atoms with van der Waals surface area (Å²) in [5.74, 6) is 0. The quantitative estimate of drug-likeness (QED) is 0.122. The zero-order valence-electron chi connectivity index (χ0n) is 34.4. The Bertz CT molecular complexity index is 2360. The van der Waals surface area contributed by atoms with Crippen LogP contribution in [-0.2, 0) is 12.3 Å². The largest absolute Gasteiger partial charge is 0.251 e. The van der Waals surface area contributed by atoms with Crippen molar-refractivity contribution < 1.29 is 0 Å². The van der Waals surface area contributed by atoms with E-state index in [0.717, 1.165) is 35.1 Å². The molecule has 2 nitrogen and oxygen atoms in total. The van der Waals surface area contributed by atoms with E-state index in [-0.39, 0.29) is 0 Å². The summed E-state index contributed by atoms with van der Waals surface area (Å²) in [7, 11) is -1.43. The van der Waals surface area contributed by atoms with E-state index in [1.807, 2.05) is 0 Å². The molecule has 2 aromatic heterocycles. The fourth-order valence-electron chi connectivity index (χ4n) is 8.58. The minimum atomic E-state index is -0.714. The van der Waals surface area contributed by atoms with Crippen LogP contribution in [0.1, 0.15) is 44.8 Å². The number of benzene rings is 6. The minimum absolute atomic E-state index is 0.714. The molecule has 0 bridgehead atoms. The third-order valence-corrected chi connectivity index (χ3v) is 15.8. The van der Waals surface area contributed by atoms with Gasteiger partial charge in [-0.2, -0.15) is 0 Å². The van der Waals surface area contributed by atoms with Crippen LogP contribution >= 0.6 is 15.8 Å². The third-order valence-electron chi connectivity index (χ3n) is 10.9. The van der Waals surface area contributed by atoms with Crippen molar-refractivity contribution in [1.29, 1.82) is 0 Å². The molecule has 0 fully saturated rings. The Morgan fingerprint density at radius 2 is 0.621 bits per heavy atom. The summed E-state index contributed by atoms with van der Waals surface area (Å²) in [5, 5.41) is 5.40. The minimum Gasteiger partial charge on any atom is -0.251 e. The molecular weight excluding hydrogens is 739 g/mol. The van der Waals surface area contributed by atoms with Crippen molar-refractivity contribution in [3.05, 3.63) is 215 Å². The average molecular weight is 789 g/mol. The zero-order chi connectivity index (χ0) is 40.2. The van der Waals surface area contributed by atoms with Gasteiger partial charge in [-0.05, 0) is 147 Å². The summed E-state index contributed by atoms with van der Waals surface area (Å²) in [4.78, 5) is 11.2. The predicted octanol–water partition coefficient (Wildman–Crippen LogP) is 12.6. The van der Waals surface area contributed by atoms with Crippen LogP contribution in [0.15, 0.2) is 170 Å². The van der Waals surface area contributed by atoms with E-state index >= 15 is 0 Å². The molecule has 2 heterocycles. The van der Waals surface area contributed by atoms with Gasteiger partial charge in [-0.1, -0.05) is 157 Å². The molecular formula is C54H50N2P2. The lowest BCUT2D eigenvalue weighted by Gasteiger charge is -2.21. The third kappa shape index (κ3) is 8.80. The van der Waals surface area contributed by atoms with Gasteiger partial charge in [0.2, 0.25) is 0 Å². The smallest absolute Gasteiger partial charge is 0.0896 e. The van der Waals surface area contributed by atoms with E-state index in [0.29, 0.717) is 0 Å². The second-order valence-electron chi connectivity index (χ2n) is 15.5. The summed E-state index contributed by atoms with van der Waals surface area (Å²) in [6.07, 6.45) is 1.65. The molecule has 0 saturated heterocycles. The Morgan fingerprint density at radius 1 is 0.345 bits per heavy atom. The molecule has 0 amide bonds. The van der Waals surface area contributed by atoms with Crippen LogP contribution in [0, 0.1) is 41.5 Å². The van der Waals surface area contributed by atoms with E-state index in [1.165, 1.54) is 76.9 Å². The highest BCUT2D eigenvalue weighted by molar-refractivity contribution is 7.72. The van der Waals surface area contributed by atoms with E-state index in [1.54, 1.807) is 0 Å². The van der Waals surface area contributed by atoms with Gasteiger partial charge in [-0.25, -0.2) is 0 Å². The lowest BCUT2D eigenvalue weighted by atomic mass is 9.92. The van der Waals surface area contributed by atoms with Gasteiger partial charge in [0.15, 0.2) is 0 Å². The van der Waals surface area contributed by atoms with Gasteiger partial charge in [-0.3, -0.25) is 9.97 Å². The molecule has 286 valence electrons. The molecule has 0 radical (unpaired) electrons. The molecule has 8 rings (SSSR count). The molecule has 0 aliphatic rings. The van der Waals surface area contributed by atoms with Crippen molar-refractivity contribution in [2.24, 2.45) is 0 Å². The van der Waals surface area contributed by atoms with Gasteiger partial charge in [-0.15, -0.1) is 0 Å². The molecule has 0 aliphatic heterocycles. The Kier molecular flexibility index (Phi) is 11.9. The number of aryl methyl sites for hydroxylation is 6. The van der Waals surface area contributed by atoms with Gasteiger partial charge in [0.25, 0.3) is 0 Å². The van der Waals surface area contributed by atoms with E-state index in [2.05, 4.69) is 211 Å². The number of pyridine rings is 2. The molecule has 0 unspecified atom stereocenters. The Balaban J connectivity index is 1.34. The summed E-state index contributed by atoms with van der Waals surface area (Å²) in [6.45, 7) is 13.3. The zero-order valence-corrected chi connectivity index (χ0v) is 36.2. The first-order chi connectivity index (χ1) is 28.2.